The molecule has 0 fully saturated rings. The first kappa shape index (κ1) is 26.4. The number of benzene rings is 4. The van der Waals surface area contributed by atoms with Crippen molar-refractivity contribution in [2.24, 2.45) is 0 Å². The van der Waals surface area contributed by atoms with Crippen molar-refractivity contribution in [3.8, 4) is 11.1 Å². The van der Waals surface area contributed by atoms with Crippen LogP contribution in [0.1, 0.15) is 28.7 Å². The minimum absolute atomic E-state index is 0. The molecule has 0 saturated heterocycles. The number of rotatable bonds is 4. The fraction of sp³-hybridized carbons (Fsp3) is 0.0968. The van der Waals surface area contributed by atoms with E-state index in [1.165, 1.54) is 34.2 Å². The summed E-state index contributed by atoms with van der Waals surface area (Å²) in [4.78, 5) is 0. The minimum Gasteiger partial charge on any atom is -0.147 e. The van der Waals surface area contributed by atoms with E-state index >= 15 is 0 Å². The summed E-state index contributed by atoms with van der Waals surface area (Å²) in [7, 11) is 0. The van der Waals surface area contributed by atoms with Gasteiger partial charge in [0.1, 0.15) is 0 Å². The molecule has 170 valence electrons. The smallest absolute Gasteiger partial charge is 0.00258 e. The Morgan fingerprint density at radius 2 is 1.24 bits per heavy atom. The third-order valence-electron chi connectivity index (χ3n) is 6.01. The van der Waals surface area contributed by atoms with Crippen LogP contribution in [0.2, 0.25) is 0 Å². The van der Waals surface area contributed by atoms with Crippen molar-refractivity contribution in [2.45, 2.75) is 19.3 Å². The Labute approximate surface area is 227 Å². The molecule has 0 spiro atoms. The van der Waals surface area contributed by atoms with Crippen LogP contribution in [0.5, 0.6) is 0 Å². The zero-order valence-corrected chi connectivity index (χ0v) is 23.1. The predicted octanol–water partition coefficient (Wildman–Crippen LogP) is 7.93. The van der Waals surface area contributed by atoms with E-state index in [0.29, 0.717) is 0 Å². The fourth-order valence-electron chi connectivity index (χ4n) is 4.41. The Hall–Kier alpha value is -2.18. The van der Waals surface area contributed by atoms with Gasteiger partial charge in [-0.1, -0.05) is 60.7 Å². The quantitative estimate of drug-likeness (QED) is 0.209. The molecule has 34 heavy (non-hydrogen) atoms. The Balaban J connectivity index is 0.000000192. The summed E-state index contributed by atoms with van der Waals surface area (Å²) in [6.07, 6.45) is 10.2. The first-order chi connectivity index (χ1) is 15.9. The van der Waals surface area contributed by atoms with Gasteiger partial charge in [0.25, 0.3) is 0 Å². The number of hydrogen-bond acceptors (Lipinski definition) is 0. The molecule has 2 aliphatic rings. The second-order valence-electron chi connectivity index (χ2n) is 8.26. The van der Waals surface area contributed by atoms with Crippen LogP contribution in [0.15, 0.2) is 125 Å². The Morgan fingerprint density at radius 3 is 1.88 bits per heavy atom. The van der Waals surface area contributed by atoms with Gasteiger partial charge in [-0.25, -0.2) is 0 Å². The molecule has 0 amide bonds. The SMILES string of the molecule is C1=CC[C]([Zr][c]2cccc3c2Cc2ccccc2-3)=C1.Cl.Cl.c1ccc(Cc2ccccc2)cc1. The number of allylic oxidation sites excluding steroid dienone is 4. The molecule has 0 heterocycles. The molecular weight excluding hydrogens is 534 g/mol. The Kier molecular flexibility index (Phi) is 10.1. The third kappa shape index (κ3) is 6.48. The number of halogens is 2. The molecule has 0 unspecified atom stereocenters. The molecule has 0 nitrogen and oxygen atoms in total. The normalized spacial score (nSPS) is 12.2. The fourth-order valence-corrected chi connectivity index (χ4v) is 7.61. The van der Waals surface area contributed by atoms with E-state index in [2.05, 4.69) is 121 Å². The Bertz CT molecular complexity index is 1220. The van der Waals surface area contributed by atoms with Gasteiger partial charge in [-0.3, -0.25) is 0 Å². The maximum absolute atomic E-state index is 2.37. The van der Waals surface area contributed by atoms with Gasteiger partial charge in [0, 0.05) is 0 Å². The summed E-state index contributed by atoms with van der Waals surface area (Å²) in [5.74, 6) is 0. The van der Waals surface area contributed by atoms with Crippen molar-refractivity contribution in [2.75, 3.05) is 0 Å². The summed E-state index contributed by atoms with van der Waals surface area (Å²) < 4.78 is 3.38. The van der Waals surface area contributed by atoms with E-state index in [9.17, 15) is 0 Å². The molecule has 2 aliphatic carbocycles. The van der Waals surface area contributed by atoms with E-state index in [1.807, 2.05) is 0 Å². The predicted molar refractivity (Wildman–Crippen MR) is 146 cm³/mol. The van der Waals surface area contributed by atoms with Gasteiger partial charge in [-0.2, -0.15) is 0 Å². The van der Waals surface area contributed by atoms with Crippen molar-refractivity contribution in [1.82, 2.24) is 0 Å². The first-order valence-electron chi connectivity index (χ1n) is 11.3. The molecular formula is C31H28Cl2Zr. The van der Waals surface area contributed by atoms with E-state index < -0.39 is 23.2 Å². The van der Waals surface area contributed by atoms with E-state index in [1.54, 1.807) is 12.1 Å². The van der Waals surface area contributed by atoms with Crippen molar-refractivity contribution in [3.63, 3.8) is 0 Å². The van der Waals surface area contributed by atoms with Crippen LogP contribution in [-0.2, 0) is 36.1 Å². The van der Waals surface area contributed by atoms with Crippen LogP contribution in [0.25, 0.3) is 11.1 Å². The zero-order chi connectivity index (χ0) is 21.6. The summed E-state index contributed by atoms with van der Waals surface area (Å²) in [5, 5.41) is 0. The molecule has 0 N–H and O–H groups in total. The van der Waals surface area contributed by atoms with Crippen molar-refractivity contribution in [3.05, 3.63) is 147 Å². The molecule has 0 atom stereocenters. The Morgan fingerprint density at radius 1 is 0.618 bits per heavy atom. The van der Waals surface area contributed by atoms with Crippen molar-refractivity contribution in [1.29, 1.82) is 0 Å². The topological polar surface area (TPSA) is 0 Å². The van der Waals surface area contributed by atoms with E-state index in [-0.39, 0.29) is 24.8 Å². The molecule has 0 aromatic heterocycles. The molecule has 3 heteroatoms. The van der Waals surface area contributed by atoms with Gasteiger partial charge < -0.3 is 0 Å². The van der Waals surface area contributed by atoms with Crippen LogP contribution in [0, 0.1) is 0 Å². The monoisotopic (exact) mass is 560 g/mol. The zero-order valence-electron chi connectivity index (χ0n) is 19.0. The standard InChI is InChI=1S/C13H9.C13H12.C5H5.2ClH.Zr/c1-3-7-12-10(5-1)9-11-6-2-4-8-13(11)12;1-3-7-12(8-4-1)11-13-9-5-2-6-10-13;1-2-4-5-3-1;;;/h1-5,7-8H,9H2;1-10H,11H2;1-3H,4H2;2*1H;. The van der Waals surface area contributed by atoms with E-state index in [4.69, 9.17) is 0 Å². The largest absolute Gasteiger partial charge is 0.147 e. The van der Waals surface area contributed by atoms with Gasteiger partial charge in [-0.15, -0.1) is 24.8 Å². The average molecular weight is 563 g/mol. The van der Waals surface area contributed by atoms with E-state index in [0.717, 1.165) is 12.8 Å². The van der Waals surface area contributed by atoms with Crippen LogP contribution in [-0.4, -0.2) is 0 Å². The van der Waals surface area contributed by atoms with Crippen LogP contribution >= 0.6 is 24.8 Å². The van der Waals surface area contributed by atoms with Crippen molar-refractivity contribution >= 4 is 28.1 Å². The molecule has 0 saturated carbocycles. The molecule has 0 radical (unpaired) electrons. The van der Waals surface area contributed by atoms with Gasteiger partial charge in [0.15, 0.2) is 0 Å². The van der Waals surface area contributed by atoms with Gasteiger partial charge in [0.2, 0.25) is 0 Å². The first-order valence-corrected chi connectivity index (χ1v) is 13.7. The maximum Gasteiger partial charge on any atom is -0.00258 e. The second kappa shape index (κ2) is 13.1. The number of fused-ring (bicyclic) bond motifs is 3. The number of hydrogen-bond donors (Lipinski definition) is 0. The van der Waals surface area contributed by atoms with Crippen LogP contribution in [0.3, 0.4) is 0 Å². The molecule has 4 aromatic carbocycles. The van der Waals surface area contributed by atoms with Crippen molar-refractivity contribution < 1.29 is 23.2 Å². The maximum atomic E-state index is 2.37. The van der Waals surface area contributed by atoms with Crippen LogP contribution < -0.4 is 3.27 Å². The summed E-state index contributed by atoms with van der Waals surface area (Å²) in [6.45, 7) is 0. The molecule has 0 aliphatic heterocycles. The van der Waals surface area contributed by atoms with Gasteiger partial charge >= 0.3 is 126 Å². The summed E-state index contributed by atoms with van der Waals surface area (Å²) in [6, 6.07) is 36.8. The average Bonchev–Trinajstić information content (AvgIpc) is 3.49. The second-order valence-corrected chi connectivity index (χ2v) is 11.8. The summed E-state index contributed by atoms with van der Waals surface area (Å²) >= 11 is -0.581. The molecule has 4 aromatic rings. The summed E-state index contributed by atoms with van der Waals surface area (Å²) in [5.41, 5.74) is 8.80. The molecule has 0 bridgehead atoms. The minimum atomic E-state index is -0.581. The third-order valence-corrected chi connectivity index (χ3v) is 9.53. The van der Waals surface area contributed by atoms with Gasteiger partial charge in [0.05, 0.1) is 0 Å². The molecule has 6 rings (SSSR count). The van der Waals surface area contributed by atoms with Crippen LogP contribution in [0.4, 0.5) is 0 Å². The van der Waals surface area contributed by atoms with Gasteiger partial charge in [-0.05, 0) is 17.5 Å².